The van der Waals surface area contributed by atoms with Crippen LogP contribution < -0.4 is 5.73 Å². The van der Waals surface area contributed by atoms with E-state index >= 15 is 0 Å². The molecule has 2 N–H and O–H groups in total. The van der Waals surface area contributed by atoms with Gasteiger partial charge in [-0.1, -0.05) is 38.1 Å². The van der Waals surface area contributed by atoms with E-state index in [0.29, 0.717) is 11.3 Å². The Morgan fingerprint density at radius 2 is 2.10 bits per heavy atom. The molecule has 0 amide bonds. The fourth-order valence-corrected chi connectivity index (χ4v) is 2.62. The quantitative estimate of drug-likeness (QED) is 0.849. The molecule has 0 unspecified atom stereocenters. The monoisotopic (exact) mass is 284 g/mol. The van der Waals surface area contributed by atoms with Gasteiger partial charge in [-0.15, -0.1) is 0 Å². The van der Waals surface area contributed by atoms with Crippen molar-refractivity contribution in [2.24, 2.45) is 5.73 Å². The third-order valence-corrected chi connectivity index (χ3v) is 3.90. The van der Waals surface area contributed by atoms with E-state index in [1.165, 1.54) is 31.4 Å². The van der Waals surface area contributed by atoms with Crippen LogP contribution >= 0.6 is 0 Å². The Kier molecular flexibility index (Phi) is 4.97. The number of hydrogen-bond acceptors (Lipinski definition) is 3. The second kappa shape index (κ2) is 6.72. The Morgan fingerprint density at radius 1 is 1.33 bits per heavy atom. The van der Waals surface area contributed by atoms with Gasteiger partial charge in [-0.2, -0.15) is 0 Å². The van der Waals surface area contributed by atoms with E-state index in [1.807, 2.05) is 0 Å². The topological polar surface area (TPSA) is 46.3 Å². The Hall–Kier alpha value is -1.87. The normalized spacial score (nSPS) is 17.3. The van der Waals surface area contributed by atoms with Crippen LogP contribution in [0.25, 0.3) is 0 Å². The molecule has 0 radical (unpaired) electrons. The van der Waals surface area contributed by atoms with E-state index in [4.69, 9.17) is 5.73 Å². The molecule has 1 aliphatic carbocycles. The van der Waals surface area contributed by atoms with Crippen molar-refractivity contribution in [3.05, 3.63) is 58.8 Å². The van der Waals surface area contributed by atoms with Gasteiger partial charge in [0.25, 0.3) is 0 Å². The van der Waals surface area contributed by atoms with E-state index in [1.54, 1.807) is 17.2 Å². The Labute approximate surface area is 127 Å². The van der Waals surface area contributed by atoms with Crippen molar-refractivity contribution in [1.29, 1.82) is 0 Å². The number of nitrogens with zero attached hydrogens (tertiary/aromatic N) is 1. The summed E-state index contributed by atoms with van der Waals surface area (Å²) in [6, 6.07) is 7.02. The minimum absolute atomic E-state index is 0.111. The minimum atomic E-state index is -0.111. The van der Waals surface area contributed by atoms with Crippen LogP contribution in [-0.4, -0.2) is 24.3 Å². The summed E-state index contributed by atoms with van der Waals surface area (Å²) in [5.74, 6) is -0.111. The zero-order valence-corrected chi connectivity index (χ0v) is 13.0. The number of carbonyl (C=O) groups is 1. The number of allylic oxidation sites excluding steroid dienone is 2. The SMILES string of the molecule is C=C1C=C(N)C1=O.CCCc1ccc2c(c1)CN(C)CC2. The van der Waals surface area contributed by atoms with Crippen molar-refractivity contribution < 1.29 is 4.79 Å². The molecule has 3 rings (SSSR count). The molecule has 2 aliphatic rings. The van der Waals surface area contributed by atoms with Crippen LogP contribution in [0.5, 0.6) is 0 Å². The second-order valence-electron chi connectivity index (χ2n) is 5.79. The van der Waals surface area contributed by atoms with E-state index in [-0.39, 0.29) is 5.78 Å². The number of nitrogens with two attached hydrogens (primary N) is 1. The van der Waals surface area contributed by atoms with Gasteiger partial charge in [0, 0.05) is 18.7 Å². The molecule has 21 heavy (non-hydrogen) atoms. The van der Waals surface area contributed by atoms with Gasteiger partial charge in [0.1, 0.15) is 0 Å². The van der Waals surface area contributed by atoms with Crippen LogP contribution in [0.1, 0.15) is 30.0 Å². The molecule has 1 aliphatic heterocycles. The van der Waals surface area contributed by atoms with Crippen molar-refractivity contribution in [2.45, 2.75) is 32.7 Å². The highest BCUT2D eigenvalue weighted by Gasteiger charge is 2.17. The van der Waals surface area contributed by atoms with Crippen LogP contribution in [0.15, 0.2) is 42.1 Å². The first-order chi connectivity index (χ1) is 10.0. The van der Waals surface area contributed by atoms with E-state index in [9.17, 15) is 4.79 Å². The van der Waals surface area contributed by atoms with E-state index in [2.05, 4.69) is 43.6 Å². The lowest BCUT2D eigenvalue weighted by Crippen LogP contribution is -2.26. The van der Waals surface area contributed by atoms with Gasteiger partial charge in [-0.3, -0.25) is 4.79 Å². The summed E-state index contributed by atoms with van der Waals surface area (Å²) in [5, 5.41) is 0. The third kappa shape index (κ3) is 3.82. The number of benzene rings is 1. The molecular weight excluding hydrogens is 260 g/mol. The molecular formula is C18H24N2O. The smallest absolute Gasteiger partial charge is 0.208 e. The summed E-state index contributed by atoms with van der Waals surface area (Å²) >= 11 is 0. The number of likely N-dealkylation sites (N-methyl/N-ethyl adjacent to an activating group) is 1. The molecule has 0 atom stereocenters. The molecule has 1 heterocycles. The standard InChI is InChI=1S/C13H19N.C5H5NO/c1-3-4-11-5-6-12-7-8-14(2)10-13(12)9-11;1-3-2-4(6)5(3)7/h5-6,9H,3-4,7-8,10H2,1-2H3;2H,1,6H2. The number of rotatable bonds is 2. The molecule has 0 fully saturated rings. The molecule has 3 nitrogen and oxygen atoms in total. The largest absolute Gasteiger partial charge is 0.396 e. The van der Waals surface area contributed by atoms with Gasteiger partial charge in [-0.05, 0) is 42.7 Å². The summed E-state index contributed by atoms with van der Waals surface area (Å²) < 4.78 is 0. The molecule has 0 saturated carbocycles. The zero-order valence-electron chi connectivity index (χ0n) is 13.0. The number of fused-ring (bicyclic) bond motifs is 1. The van der Waals surface area contributed by atoms with Crippen LogP contribution in [0.3, 0.4) is 0 Å². The third-order valence-electron chi connectivity index (χ3n) is 3.90. The summed E-state index contributed by atoms with van der Waals surface area (Å²) in [4.78, 5) is 12.7. The molecule has 0 bridgehead atoms. The van der Waals surface area contributed by atoms with Crippen LogP contribution in [-0.2, 0) is 24.2 Å². The molecule has 112 valence electrons. The first kappa shape index (κ1) is 15.5. The lowest BCUT2D eigenvalue weighted by Gasteiger charge is -2.25. The Morgan fingerprint density at radius 3 is 2.62 bits per heavy atom. The maximum Gasteiger partial charge on any atom is 0.208 e. The molecule has 1 aromatic rings. The molecule has 1 aromatic carbocycles. The number of carbonyl (C=O) groups excluding carboxylic acids is 1. The van der Waals surface area contributed by atoms with E-state index < -0.39 is 0 Å². The average molecular weight is 284 g/mol. The van der Waals surface area contributed by atoms with Crippen LogP contribution in [0.2, 0.25) is 0 Å². The summed E-state index contributed by atoms with van der Waals surface area (Å²) in [6.45, 7) is 7.97. The van der Waals surface area contributed by atoms with Crippen molar-refractivity contribution in [3.63, 3.8) is 0 Å². The van der Waals surface area contributed by atoms with Gasteiger partial charge < -0.3 is 10.6 Å². The average Bonchev–Trinajstić information content (AvgIpc) is 2.48. The van der Waals surface area contributed by atoms with Crippen molar-refractivity contribution in [2.75, 3.05) is 13.6 Å². The number of aryl methyl sites for hydroxylation is 1. The van der Waals surface area contributed by atoms with Crippen LogP contribution in [0, 0.1) is 0 Å². The number of ketones is 1. The first-order valence-corrected chi connectivity index (χ1v) is 7.51. The van der Waals surface area contributed by atoms with Gasteiger partial charge in [0.2, 0.25) is 5.78 Å². The zero-order chi connectivity index (χ0) is 15.4. The van der Waals surface area contributed by atoms with Crippen molar-refractivity contribution in [1.82, 2.24) is 4.90 Å². The lowest BCUT2D eigenvalue weighted by molar-refractivity contribution is -0.112. The molecule has 3 heteroatoms. The van der Waals surface area contributed by atoms with Crippen LogP contribution in [0.4, 0.5) is 0 Å². The first-order valence-electron chi connectivity index (χ1n) is 7.51. The summed E-state index contributed by atoms with van der Waals surface area (Å²) in [6.07, 6.45) is 5.24. The van der Waals surface area contributed by atoms with Gasteiger partial charge in [0.15, 0.2) is 0 Å². The maximum absolute atomic E-state index is 10.3. The van der Waals surface area contributed by atoms with E-state index in [0.717, 1.165) is 6.54 Å². The summed E-state index contributed by atoms with van der Waals surface area (Å²) in [7, 11) is 2.20. The van der Waals surface area contributed by atoms with Gasteiger partial charge in [-0.25, -0.2) is 0 Å². The molecule has 0 spiro atoms. The maximum atomic E-state index is 10.3. The Balaban J connectivity index is 0.000000194. The highest BCUT2D eigenvalue weighted by molar-refractivity contribution is 6.16. The van der Waals surface area contributed by atoms with Crippen molar-refractivity contribution in [3.8, 4) is 0 Å². The number of hydrogen-bond donors (Lipinski definition) is 1. The highest BCUT2D eigenvalue weighted by atomic mass is 16.1. The predicted molar refractivity (Wildman–Crippen MR) is 86.9 cm³/mol. The second-order valence-corrected chi connectivity index (χ2v) is 5.79. The Bertz CT molecular complexity index is 587. The lowest BCUT2D eigenvalue weighted by atomic mass is 9.96. The van der Waals surface area contributed by atoms with Gasteiger partial charge >= 0.3 is 0 Å². The minimum Gasteiger partial charge on any atom is -0.396 e. The predicted octanol–water partition coefficient (Wildman–Crippen LogP) is 2.59. The van der Waals surface area contributed by atoms with Gasteiger partial charge in [0.05, 0.1) is 5.70 Å². The molecule has 0 aromatic heterocycles. The summed E-state index contributed by atoms with van der Waals surface area (Å²) in [5.41, 5.74) is 10.5. The van der Waals surface area contributed by atoms with Crippen molar-refractivity contribution >= 4 is 5.78 Å². The highest BCUT2D eigenvalue weighted by Crippen LogP contribution is 2.20. The molecule has 0 saturated heterocycles. The fraction of sp³-hybridized carbons (Fsp3) is 0.389. The fourth-order valence-electron chi connectivity index (χ4n) is 2.62. The number of Topliss-reactive ketones (excluding diaryl/α,β-unsaturated/α-hetero) is 1.